The van der Waals surface area contributed by atoms with Crippen LogP contribution >= 0.6 is 0 Å². The Bertz CT molecular complexity index is 627. The first-order chi connectivity index (χ1) is 11.2. The van der Waals surface area contributed by atoms with E-state index in [-0.39, 0.29) is 12.1 Å². The van der Waals surface area contributed by atoms with Crippen molar-refractivity contribution < 1.29 is 13.2 Å². The summed E-state index contributed by atoms with van der Waals surface area (Å²) < 4.78 is 32.1. The summed E-state index contributed by atoms with van der Waals surface area (Å²) in [6.07, 6.45) is 3.29. The molecule has 0 aliphatic heterocycles. The minimum absolute atomic E-state index is 0.0728. The maximum Gasteiger partial charge on any atom is 0.191 e. The van der Waals surface area contributed by atoms with Gasteiger partial charge in [-0.3, -0.25) is 0 Å². The van der Waals surface area contributed by atoms with E-state index in [2.05, 4.69) is 15.6 Å². The van der Waals surface area contributed by atoms with E-state index in [1.165, 1.54) is 6.07 Å². The van der Waals surface area contributed by atoms with Crippen LogP contribution in [0.3, 0.4) is 0 Å². The summed E-state index contributed by atoms with van der Waals surface area (Å²) in [4.78, 5) is 4.31. The molecule has 0 bridgehead atoms. The van der Waals surface area contributed by atoms with Crippen molar-refractivity contribution >= 4 is 5.96 Å². The number of rotatable bonds is 7. The standard InChI is InChI=1S/C17H21F2N3O/c1-2-8-20-17(21-9-7-15-4-3-10-23-15)22-12-13-11-14(18)5-6-16(13)19/h3-6,10-11H,2,7-9,12H2,1H3,(H2,20,21,22). The van der Waals surface area contributed by atoms with E-state index in [9.17, 15) is 8.78 Å². The van der Waals surface area contributed by atoms with Gasteiger partial charge in [-0.15, -0.1) is 0 Å². The second-order valence-corrected chi connectivity index (χ2v) is 5.08. The Morgan fingerprint density at radius 2 is 2.00 bits per heavy atom. The molecule has 0 atom stereocenters. The van der Waals surface area contributed by atoms with Gasteiger partial charge in [0.2, 0.25) is 0 Å². The van der Waals surface area contributed by atoms with Crippen molar-refractivity contribution in [1.29, 1.82) is 0 Å². The molecule has 0 aliphatic rings. The Balaban J connectivity index is 1.94. The fourth-order valence-corrected chi connectivity index (χ4v) is 2.01. The molecule has 0 amide bonds. The van der Waals surface area contributed by atoms with Crippen LogP contribution in [-0.4, -0.2) is 19.0 Å². The van der Waals surface area contributed by atoms with E-state index in [0.29, 0.717) is 18.9 Å². The molecule has 1 aromatic heterocycles. The first kappa shape index (κ1) is 17.0. The molecule has 0 aliphatic carbocycles. The van der Waals surface area contributed by atoms with Crippen LogP contribution in [0.5, 0.6) is 0 Å². The Labute approximate surface area is 134 Å². The van der Waals surface area contributed by atoms with Crippen molar-refractivity contribution in [1.82, 2.24) is 10.6 Å². The van der Waals surface area contributed by atoms with Gasteiger partial charge in [-0.2, -0.15) is 0 Å². The monoisotopic (exact) mass is 321 g/mol. The molecule has 1 aromatic carbocycles. The third kappa shape index (κ3) is 5.73. The number of furan rings is 1. The van der Waals surface area contributed by atoms with E-state index in [4.69, 9.17) is 4.42 Å². The van der Waals surface area contributed by atoms with Crippen LogP contribution in [0.4, 0.5) is 8.78 Å². The first-order valence-electron chi connectivity index (χ1n) is 7.67. The molecule has 0 saturated carbocycles. The molecule has 4 nitrogen and oxygen atoms in total. The highest BCUT2D eigenvalue weighted by atomic mass is 19.1. The lowest BCUT2D eigenvalue weighted by molar-refractivity contribution is 0.506. The minimum atomic E-state index is -0.467. The molecule has 124 valence electrons. The molecular weight excluding hydrogens is 300 g/mol. The maximum atomic E-state index is 13.6. The van der Waals surface area contributed by atoms with Gasteiger partial charge >= 0.3 is 0 Å². The van der Waals surface area contributed by atoms with Crippen molar-refractivity contribution in [2.45, 2.75) is 26.3 Å². The highest BCUT2D eigenvalue weighted by molar-refractivity contribution is 5.79. The van der Waals surface area contributed by atoms with Crippen LogP contribution in [0.15, 0.2) is 46.0 Å². The number of hydrogen-bond acceptors (Lipinski definition) is 2. The zero-order chi connectivity index (χ0) is 16.5. The molecule has 6 heteroatoms. The molecule has 23 heavy (non-hydrogen) atoms. The fourth-order valence-electron chi connectivity index (χ4n) is 2.01. The van der Waals surface area contributed by atoms with E-state index < -0.39 is 11.6 Å². The first-order valence-corrected chi connectivity index (χ1v) is 7.67. The summed E-state index contributed by atoms with van der Waals surface area (Å²) in [6, 6.07) is 7.12. The Kier molecular flexibility index (Phi) is 6.59. The van der Waals surface area contributed by atoms with Gasteiger partial charge in [0, 0.05) is 25.1 Å². The number of aliphatic imine (C=N–C) groups is 1. The van der Waals surface area contributed by atoms with Crippen LogP contribution in [-0.2, 0) is 13.0 Å². The van der Waals surface area contributed by atoms with Gasteiger partial charge in [0.25, 0.3) is 0 Å². The van der Waals surface area contributed by atoms with E-state index >= 15 is 0 Å². The molecule has 0 fully saturated rings. The third-order valence-corrected chi connectivity index (χ3v) is 3.20. The predicted molar refractivity (Wildman–Crippen MR) is 86.2 cm³/mol. The Morgan fingerprint density at radius 3 is 2.74 bits per heavy atom. The lowest BCUT2D eigenvalue weighted by atomic mass is 10.2. The van der Waals surface area contributed by atoms with Gasteiger partial charge in [0.05, 0.1) is 12.8 Å². The van der Waals surface area contributed by atoms with Crippen LogP contribution in [0.2, 0.25) is 0 Å². The SMILES string of the molecule is CCCNC(=NCc1cc(F)ccc1F)NCCc1ccco1. The zero-order valence-electron chi connectivity index (χ0n) is 13.1. The molecule has 2 N–H and O–H groups in total. The molecular formula is C17H21F2N3O. The van der Waals surface area contributed by atoms with Crippen molar-refractivity contribution in [3.63, 3.8) is 0 Å². The minimum Gasteiger partial charge on any atom is -0.469 e. The topological polar surface area (TPSA) is 49.6 Å². The number of guanidine groups is 1. The number of hydrogen-bond donors (Lipinski definition) is 2. The summed E-state index contributed by atoms with van der Waals surface area (Å²) in [5, 5.41) is 6.31. The second-order valence-electron chi connectivity index (χ2n) is 5.08. The van der Waals surface area contributed by atoms with Crippen LogP contribution in [0.25, 0.3) is 0 Å². The van der Waals surface area contributed by atoms with Crippen molar-refractivity contribution in [2.75, 3.05) is 13.1 Å². The van der Waals surface area contributed by atoms with Gasteiger partial charge in [-0.05, 0) is 36.8 Å². The van der Waals surface area contributed by atoms with E-state index in [0.717, 1.165) is 30.9 Å². The molecule has 1 heterocycles. The van der Waals surface area contributed by atoms with Gasteiger partial charge in [0.15, 0.2) is 5.96 Å². The number of nitrogens with one attached hydrogen (secondary N) is 2. The van der Waals surface area contributed by atoms with Crippen LogP contribution < -0.4 is 10.6 Å². The van der Waals surface area contributed by atoms with Crippen LogP contribution in [0, 0.1) is 11.6 Å². The molecule has 0 saturated heterocycles. The summed E-state index contributed by atoms with van der Waals surface area (Å²) in [7, 11) is 0. The lowest BCUT2D eigenvalue weighted by Gasteiger charge is -2.11. The molecule has 0 radical (unpaired) electrons. The van der Waals surface area contributed by atoms with Crippen molar-refractivity contribution in [2.24, 2.45) is 4.99 Å². The maximum absolute atomic E-state index is 13.6. The summed E-state index contributed by atoms with van der Waals surface area (Å²) in [5.41, 5.74) is 0.230. The normalized spacial score (nSPS) is 11.5. The second kappa shape index (κ2) is 8.92. The summed E-state index contributed by atoms with van der Waals surface area (Å²) in [6.45, 7) is 3.50. The highest BCUT2D eigenvalue weighted by Crippen LogP contribution is 2.10. The fraction of sp³-hybridized carbons (Fsp3) is 0.353. The summed E-state index contributed by atoms with van der Waals surface area (Å²) >= 11 is 0. The molecule has 2 rings (SSSR count). The average molecular weight is 321 g/mol. The van der Waals surface area contributed by atoms with Crippen LogP contribution in [0.1, 0.15) is 24.7 Å². The number of nitrogens with zero attached hydrogens (tertiary/aromatic N) is 1. The summed E-state index contributed by atoms with van der Waals surface area (Å²) in [5.74, 6) is 0.525. The smallest absolute Gasteiger partial charge is 0.191 e. The number of halogens is 2. The Hall–Kier alpha value is -2.37. The Morgan fingerprint density at radius 1 is 1.17 bits per heavy atom. The quantitative estimate of drug-likeness (QED) is 0.608. The third-order valence-electron chi connectivity index (χ3n) is 3.20. The largest absolute Gasteiger partial charge is 0.469 e. The molecule has 0 unspecified atom stereocenters. The van der Waals surface area contributed by atoms with Gasteiger partial charge in [-0.1, -0.05) is 6.92 Å². The van der Waals surface area contributed by atoms with Crippen molar-refractivity contribution in [3.8, 4) is 0 Å². The molecule has 2 aromatic rings. The highest BCUT2D eigenvalue weighted by Gasteiger charge is 2.05. The van der Waals surface area contributed by atoms with Gasteiger partial charge < -0.3 is 15.1 Å². The van der Waals surface area contributed by atoms with E-state index in [1.807, 2.05) is 19.1 Å². The average Bonchev–Trinajstić information content (AvgIpc) is 3.05. The van der Waals surface area contributed by atoms with Crippen molar-refractivity contribution in [3.05, 3.63) is 59.6 Å². The van der Waals surface area contributed by atoms with E-state index in [1.54, 1.807) is 6.26 Å². The van der Waals surface area contributed by atoms with Gasteiger partial charge in [0.1, 0.15) is 17.4 Å². The number of benzene rings is 1. The molecule has 0 spiro atoms. The zero-order valence-corrected chi connectivity index (χ0v) is 13.1. The lowest BCUT2D eigenvalue weighted by Crippen LogP contribution is -2.38. The predicted octanol–water partition coefficient (Wildman–Crippen LogP) is 3.25. The van der Waals surface area contributed by atoms with Gasteiger partial charge in [-0.25, -0.2) is 13.8 Å².